The molecular formula is C8H10. The second-order valence-corrected chi connectivity index (χ2v) is 4.29. The Kier molecular flexibility index (Phi) is 0.211. The summed E-state index contributed by atoms with van der Waals surface area (Å²) in [5.41, 5.74) is 2.15. The van der Waals surface area contributed by atoms with Gasteiger partial charge < -0.3 is 0 Å². The van der Waals surface area contributed by atoms with E-state index in [2.05, 4.69) is 0 Å². The summed E-state index contributed by atoms with van der Waals surface area (Å²) in [5, 5.41) is 0. The summed E-state index contributed by atoms with van der Waals surface area (Å²) in [7, 11) is 0. The molecule has 5 aliphatic rings. The Morgan fingerprint density at radius 1 is 1.00 bits per heavy atom. The largest absolute Gasteiger partial charge is 0.0527 e. The first-order valence-corrected chi connectivity index (χ1v) is 3.93. The molecule has 0 atom stereocenters. The Hall–Kier alpha value is 0. The van der Waals surface area contributed by atoms with Gasteiger partial charge in [-0.2, -0.15) is 0 Å². The fourth-order valence-electron chi connectivity index (χ4n) is 4.11. The van der Waals surface area contributed by atoms with E-state index in [1.54, 1.807) is 25.7 Å². The smallest absolute Gasteiger partial charge is 0.0162 e. The molecule has 0 heteroatoms. The van der Waals surface area contributed by atoms with Crippen molar-refractivity contribution in [1.82, 2.24) is 0 Å². The molecule has 5 aliphatic carbocycles. The summed E-state index contributed by atoms with van der Waals surface area (Å²) in [5.74, 6) is 2.57. The van der Waals surface area contributed by atoms with Gasteiger partial charge in [-0.05, 0) is 41.9 Å². The lowest BCUT2D eigenvalue weighted by Crippen LogP contribution is -2.27. The van der Waals surface area contributed by atoms with E-state index in [-0.39, 0.29) is 0 Å². The molecule has 8 heavy (non-hydrogen) atoms. The first-order valence-electron chi connectivity index (χ1n) is 3.93. The highest BCUT2D eigenvalue weighted by atomic mass is 15.1. The zero-order valence-corrected chi connectivity index (χ0v) is 4.98. The Morgan fingerprint density at radius 3 is 1.88 bits per heavy atom. The molecule has 2 bridgehead atoms. The van der Waals surface area contributed by atoms with Gasteiger partial charge >= 0.3 is 0 Å². The highest BCUT2D eigenvalue weighted by Crippen LogP contribution is 3.14. The first kappa shape index (κ1) is 3.24. The topological polar surface area (TPSA) is 0 Å². The molecule has 0 amide bonds. The zero-order chi connectivity index (χ0) is 4.98. The van der Waals surface area contributed by atoms with Crippen LogP contribution in [-0.4, -0.2) is 0 Å². The van der Waals surface area contributed by atoms with Crippen molar-refractivity contribution in [2.24, 2.45) is 22.7 Å². The Bertz CT molecular complexity index is 164. The SMILES string of the molecule is C1CC2C34CC23C4C1. The predicted molar refractivity (Wildman–Crippen MR) is 30.3 cm³/mol. The summed E-state index contributed by atoms with van der Waals surface area (Å²) < 4.78 is 0. The molecule has 5 fully saturated rings. The minimum absolute atomic E-state index is 1.07. The van der Waals surface area contributed by atoms with E-state index >= 15 is 0 Å². The van der Waals surface area contributed by atoms with Crippen molar-refractivity contribution < 1.29 is 0 Å². The lowest BCUT2D eigenvalue weighted by molar-refractivity contribution is 0.141. The molecule has 0 radical (unpaired) electrons. The van der Waals surface area contributed by atoms with E-state index in [1.807, 2.05) is 0 Å². The summed E-state index contributed by atoms with van der Waals surface area (Å²) in [6, 6.07) is 0. The first-order chi connectivity index (χ1) is 3.93. The molecule has 42 valence electrons. The molecule has 2 spiro atoms. The van der Waals surface area contributed by atoms with Gasteiger partial charge in [-0.15, -0.1) is 0 Å². The molecule has 0 N–H and O–H groups in total. The van der Waals surface area contributed by atoms with Gasteiger partial charge in [0.05, 0.1) is 0 Å². The van der Waals surface area contributed by atoms with Crippen LogP contribution in [0.1, 0.15) is 25.7 Å². The molecule has 0 unspecified atom stereocenters. The number of rotatable bonds is 0. The summed E-state index contributed by atoms with van der Waals surface area (Å²) >= 11 is 0. The molecule has 0 aromatic rings. The molecule has 0 saturated heterocycles. The maximum atomic E-state index is 1.66. The average molecular weight is 106 g/mol. The zero-order valence-electron chi connectivity index (χ0n) is 4.98. The van der Waals surface area contributed by atoms with Crippen LogP contribution in [0, 0.1) is 22.7 Å². The van der Waals surface area contributed by atoms with Crippen LogP contribution in [0.2, 0.25) is 0 Å². The highest BCUT2D eigenvalue weighted by Gasteiger charge is 3.09. The van der Waals surface area contributed by atoms with Crippen molar-refractivity contribution in [2.75, 3.05) is 0 Å². The third-order valence-electron chi connectivity index (χ3n) is 4.63. The maximum absolute atomic E-state index is 1.66. The third kappa shape index (κ3) is 0.0986. The van der Waals surface area contributed by atoms with Crippen LogP contribution < -0.4 is 0 Å². The summed E-state index contributed by atoms with van der Waals surface area (Å²) in [4.78, 5) is 0. The Morgan fingerprint density at radius 2 is 1.62 bits per heavy atom. The van der Waals surface area contributed by atoms with Crippen LogP contribution in [0.3, 0.4) is 0 Å². The number of hydrogen-bond donors (Lipinski definition) is 0. The molecule has 0 aliphatic heterocycles. The molecule has 0 nitrogen and oxygen atoms in total. The molecule has 0 aromatic carbocycles. The van der Waals surface area contributed by atoms with Crippen LogP contribution in [0.25, 0.3) is 0 Å². The van der Waals surface area contributed by atoms with E-state index in [0.717, 1.165) is 10.8 Å². The number of fused-ring (bicyclic) bond motifs is 2. The van der Waals surface area contributed by atoms with Crippen molar-refractivity contribution in [3.05, 3.63) is 0 Å². The third-order valence-corrected chi connectivity index (χ3v) is 4.63. The van der Waals surface area contributed by atoms with Crippen LogP contribution >= 0.6 is 0 Å². The molecular weight excluding hydrogens is 96.1 g/mol. The minimum atomic E-state index is 1.07. The fraction of sp³-hybridized carbons (Fsp3) is 1.00. The normalized spacial score (nSPS) is 87.0. The van der Waals surface area contributed by atoms with Gasteiger partial charge in [-0.3, -0.25) is 0 Å². The van der Waals surface area contributed by atoms with Gasteiger partial charge in [0.2, 0.25) is 0 Å². The van der Waals surface area contributed by atoms with Gasteiger partial charge in [0.25, 0.3) is 0 Å². The van der Waals surface area contributed by atoms with Crippen LogP contribution in [0.15, 0.2) is 0 Å². The summed E-state index contributed by atoms with van der Waals surface area (Å²) in [6.45, 7) is 0. The van der Waals surface area contributed by atoms with Gasteiger partial charge in [0.15, 0.2) is 0 Å². The van der Waals surface area contributed by atoms with Crippen LogP contribution in [-0.2, 0) is 0 Å². The monoisotopic (exact) mass is 106 g/mol. The van der Waals surface area contributed by atoms with Crippen LogP contribution in [0.5, 0.6) is 0 Å². The van der Waals surface area contributed by atoms with E-state index in [4.69, 9.17) is 0 Å². The molecule has 0 aromatic heterocycles. The summed E-state index contributed by atoms with van der Waals surface area (Å²) in [6.07, 6.45) is 6.45. The molecule has 5 saturated carbocycles. The van der Waals surface area contributed by atoms with Crippen molar-refractivity contribution in [3.8, 4) is 0 Å². The lowest BCUT2D eigenvalue weighted by Gasteiger charge is -2.35. The van der Waals surface area contributed by atoms with E-state index in [0.29, 0.717) is 0 Å². The lowest BCUT2D eigenvalue weighted by atomic mass is 9.69. The second-order valence-electron chi connectivity index (χ2n) is 4.29. The van der Waals surface area contributed by atoms with E-state index < -0.39 is 0 Å². The standard InChI is InChI=1S/C8H10/c1-2-5-7-4-8(5,7)6(7)3-1/h5-6H,1-4H2. The maximum Gasteiger partial charge on any atom is -0.0162 e. The number of hydrogen-bond acceptors (Lipinski definition) is 0. The quantitative estimate of drug-likeness (QED) is 0.441. The van der Waals surface area contributed by atoms with Crippen molar-refractivity contribution in [3.63, 3.8) is 0 Å². The predicted octanol–water partition coefficient (Wildman–Crippen LogP) is 1.81. The highest BCUT2D eigenvalue weighted by molar-refractivity contribution is 5.56. The van der Waals surface area contributed by atoms with Crippen molar-refractivity contribution in [2.45, 2.75) is 25.7 Å². The Balaban J connectivity index is 1.93. The van der Waals surface area contributed by atoms with Gasteiger partial charge in [-0.1, -0.05) is 6.42 Å². The second kappa shape index (κ2) is 0.521. The van der Waals surface area contributed by atoms with Gasteiger partial charge in [-0.25, -0.2) is 0 Å². The fourth-order valence-corrected chi connectivity index (χ4v) is 4.11. The van der Waals surface area contributed by atoms with Crippen LogP contribution in [0.4, 0.5) is 0 Å². The van der Waals surface area contributed by atoms with E-state index in [9.17, 15) is 0 Å². The molecule has 5 rings (SSSR count). The average Bonchev–Trinajstić information content (AvgIpc) is 2.51. The van der Waals surface area contributed by atoms with E-state index in [1.165, 1.54) is 11.8 Å². The van der Waals surface area contributed by atoms with Crippen molar-refractivity contribution >= 4 is 0 Å². The molecule has 0 heterocycles. The Labute approximate surface area is 49.3 Å². The van der Waals surface area contributed by atoms with Gasteiger partial charge in [0, 0.05) is 0 Å². The minimum Gasteiger partial charge on any atom is -0.0527 e. The van der Waals surface area contributed by atoms with Gasteiger partial charge in [0.1, 0.15) is 0 Å². The van der Waals surface area contributed by atoms with Crippen molar-refractivity contribution in [1.29, 1.82) is 0 Å².